The molecule has 1 aliphatic rings. The molecule has 1 aliphatic heterocycles. The zero-order chi connectivity index (χ0) is 15.6. The summed E-state index contributed by atoms with van der Waals surface area (Å²) < 4.78 is 10.0. The minimum absolute atomic E-state index is 0.368. The van der Waals surface area contributed by atoms with Crippen LogP contribution >= 0.6 is 0 Å². The van der Waals surface area contributed by atoms with Gasteiger partial charge in [-0.15, -0.1) is 0 Å². The second-order valence-electron chi connectivity index (χ2n) is 4.86. The summed E-state index contributed by atoms with van der Waals surface area (Å²) in [4.78, 5) is 31.2. The average molecular weight is 299 g/mol. The number of ether oxygens (including phenoxy) is 2. The van der Waals surface area contributed by atoms with Gasteiger partial charge in [-0.25, -0.2) is 4.98 Å². The molecule has 1 saturated heterocycles. The number of para-hydroxylation sites is 2. The highest BCUT2D eigenvalue weighted by Gasteiger charge is 2.36. The first-order valence-corrected chi connectivity index (χ1v) is 6.64. The van der Waals surface area contributed by atoms with E-state index in [-0.39, 0.29) is 6.42 Å². The van der Waals surface area contributed by atoms with Gasteiger partial charge >= 0.3 is 11.9 Å². The van der Waals surface area contributed by atoms with Crippen molar-refractivity contribution in [1.29, 1.82) is 0 Å². The maximum atomic E-state index is 11.3. The molecule has 2 heterocycles. The first kappa shape index (κ1) is 14.0. The molecule has 1 aromatic carbocycles. The molecule has 1 N–H and O–H groups in total. The minimum Gasteiger partial charge on any atom is -0.418 e. The number of carbonyl (C=O) groups excluding carboxylic acids is 2. The Labute approximate surface area is 126 Å². The molecule has 0 bridgehead atoms. The van der Waals surface area contributed by atoms with Crippen LogP contribution in [0.2, 0.25) is 0 Å². The summed E-state index contributed by atoms with van der Waals surface area (Å²) in [6.45, 7) is 1.48. The van der Waals surface area contributed by atoms with E-state index in [1.165, 1.54) is 19.2 Å². The molecule has 7 nitrogen and oxygen atoms in total. The highest BCUT2D eigenvalue weighted by atomic mass is 16.7. The van der Waals surface area contributed by atoms with E-state index in [0.29, 0.717) is 5.82 Å². The number of esters is 2. The number of hydrogen-bond acceptors (Lipinski definition) is 7. The Bertz CT molecular complexity index is 756. The van der Waals surface area contributed by atoms with Crippen LogP contribution in [-0.4, -0.2) is 27.7 Å². The van der Waals surface area contributed by atoms with E-state index < -0.39 is 17.7 Å². The summed E-state index contributed by atoms with van der Waals surface area (Å²) in [5.74, 6) is -2.13. The summed E-state index contributed by atoms with van der Waals surface area (Å²) in [5.41, 5.74) is 1.54. The molecule has 2 aromatic rings. The number of nitrogens with zero attached hydrogens (tertiary/aromatic N) is 2. The molecule has 0 radical (unpaired) electrons. The second-order valence-corrected chi connectivity index (χ2v) is 4.86. The van der Waals surface area contributed by atoms with Crippen molar-refractivity contribution in [2.75, 3.05) is 5.32 Å². The van der Waals surface area contributed by atoms with Gasteiger partial charge in [0.1, 0.15) is 12.2 Å². The van der Waals surface area contributed by atoms with Gasteiger partial charge in [0.15, 0.2) is 0 Å². The molecular formula is C15H13N3O4. The summed E-state index contributed by atoms with van der Waals surface area (Å²) in [6.07, 6.45) is 4.13. The molecule has 1 fully saturated rings. The quantitative estimate of drug-likeness (QED) is 0.682. The maximum Gasteiger partial charge on any atom is 0.320 e. The van der Waals surface area contributed by atoms with Crippen molar-refractivity contribution in [3.05, 3.63) is 42.7 Å². The average Bonchev–Trinajstić information content (AvgIpc) is 2.45. The number of benzene rings is 1. The van der Waals surface area contributed by atoms with Crippen molar-refractivity contribution < 1.29 is 19.1 Å². The van der Waals surface area contributed by atoms with E-state index in [2.05, 4.69) is 15.3 Å². The van der Waals surface area contributed by atoms with E-state index in [9.17, 15) is 9.59 Å². The first-order valence-electron chi connectivity index (χ1n) is 6.64. The Morgan fingerprint density at radius 3 is 2.59 bits per heavy atom. The Hall–Kier alpha value is -2.96. The predicted octanol–water partition coefficient (Wildman–Crippen LogP) is 1.76. The Morgan fingerprint density at radius 2 is 1.86 bits per heavy atom. The molecule has 0 amide bonds. The van der Waals surface area contributed by atoms with Crippen molar-refractivity contribution in [2.24, 2.45) is 0 Å². The standard InChI is InChI=1S/C15H13N3O4/c1-15(21-13(19)8-14(20)22-15)6-7-16-12-9-17-10-4-2-3-5-11(10)18-12/h2-7,9H,8H2,1H3,(H,16,18). The summed E-state index contributed by atoms with van der Waals surface area (Å²) in [5, 5.41) is 2.90. The molecule has 0 atom stereocenters. The third kappa shape index (κ3) is 3.03. The number of carbonyl (C=O) groups is 2. The topological polar surface area (TPSA) is 90.4 Å². The van der Waals surface area contributed by atoms with Gasteiger partial charge in [-0.05, 0) is 12.1 Å². The van der Waals surface area contributed by atoms with Crippen molar-refractivity contribution >= 4 is 28.8 Å². The van der Waals surface area contributed by atoms with Crippen molar-refractivity contribution in [3.63, 3.8) is 0 Å². The SMILES string of the molecule is CC1(C=CNc2cnc3ccccc3n2)OC(=O)CC(=O)O1. The van der Waals surface area contributed by atoms with Gasteiger partial charge in [0.25, 0.3) is 5.79 Å². The zero-order valence-corrected chi connectivity index (χ0v) is 11.8. The lowest BCUT2D eigenvalue weighted by Crippen LogP contribution is -2.41. The molecular weight excluding hydrogens is 286 g/mol. The Kier molecular flexibility index (Phi) is 3.46. The van der Waals surface area contributed by atoms with Gasteiger partial charge in [-0.1, -0.05) is 12.1 Å². The summed E-state index contributed by atoms with van der Waals surface area (Å²) in [7, 11) is 0. The zero-order valence-electron chi connectivity index (χ0n) is 11.8. The van der Waals surface area contributed by atoms with Gasteiger partial charge < -0.3 is 14.8 Å². The normalized spacial score (nSPS) is 17.3. The van der Waals surface area contributed by atoms with Crippen LogP contribution in [0.4, 0.5) is 5.82 Å². The number of cyclic esters (lactones) is 2. The Morgan fingerprint density at radius 1 is 1.18 bits per heavy atom. The summed E-state index contributed by atoms with van der Waals surface area (Å²) >= 11 is 0. The molecule has 22 heavy (non-hydrogen) atoms. The van der Waals surface area contributed by atoms with E-state index in [0.717, 1.165) is 11.0 Å². The third-order valence-electron chi connectivity index (χ3n) is 2.99. The highest BCUT2D eigenvalue weighted by Crippen LogP contribution is 2.21. The van der Waals surface area contributed by atoms with E-state index in [4.69, 9.17) is 9.47 Å². The number of nitrogens with one attached hydrogen (secondary N) is 1. The lowest BCUT2D eigenvalue weighted by Gasteiger charge is -2.29. The number of rotatable bonds is 3. The van der Waals surface area contributed by atoms with Crippen LogP contribution in [0.15, 0.2) is 42.7 Å². The number of hydrogen-bond donors (Lipinski definition) is 1. The van der Waals surface area contributed by atoms with Gasteiger partial charge in [0.2, 0.25) is 0 Å². The van der Waals surface area contributed by atoms with Gasteiger partial charge in [-0.3, -0.25) is 14.6 Å². The largest absolute Gasteiger partial charge is 0.418 e. The molecule has 0 unspecified atom stereocenters. The van der Waals surface area contributed by atoms with Crippen molar-refractivity contribution in [2.45, 2.75) is 19.1 Å². The molecule has 0 aliphatic carbocycles. The second kappa shape index (κ2) is 5.44. The Balaban J connectivity index is 1.72. The van der Waals surface area contributed by atoms with Crippen LogP contribution in [0, 0.1) is 0 Å². The third-order valence-corrected chi connectivity index (χ3v) is 2.99. The van der Waals surface area contributed by atoms with Crippen LogP contribution in [0.25, 0.3) is 11.0 Å². The molecule has 0 spiro atoms. The fourth-order valence-electron chi connectivity index (χ4n) is 2.04. The predicted molar refractivity (Wildman–Crippen MR) is 77.5 cm³/mol. The number of aromatic nitrogens is 2. The lowest BCUT2D eigenvalue weighted by molar-refractivity contribution is -0.221. The first-order chi connectivity index (χ1) is 10.5. The molecule has 1 aromatic heterocycles. The van der Waals surface area contributed by atoms with Crippen molar-refractivity contribution in [1.82, 2.24) is 9.97 Å². The molecule has 3 rings (SSSR count). The highest BCUT2D eigenvalue weighted by molar-refractivity contribution is 5.93. The maximum absolute atomic E-state index is 11.3. The molecule has 112 valence electrons. The van der Waals surface area contributed by atoms with E-state index >= 15 is 0 Å². The fraction of sp³-hybridized carbons (Fsp3) is 0.200. The number of anilines is 1. The van der Waals surface area contributed by atoms with E-state index in [1.807, 2.05) is 24.3 Å². The smallest absolute Gasteiger partial charge is 0.320 e. The molecule has 7 heteroatoms. The van der Waals surface area contributed by atoms with Gasteiger partial charge in [0.05, 0.1) is 17.2 Å². The van der Waals surface area contributed by atoms with Crippen LogP contribution in [0.3, 0.4) is 0 Å². The fourth-order valence-corrected chi connectivity index (χ4v) is 2.04. The minimum atomic E-state index is -1.41. The summed E-state index contributed by atoms with van der Waals surface area (Å²) in [6, 6.07) is 7.47. The van der Waals surface area contributed by atoms with Crippen LogP contribution in [0.1, 0.15) is 13.3 Å². The van der Waals surface area contributed by atoms with Crippen molar-refractivity contribution in [3.8, 4) is 0 Å². The van der Waals surface area contributed by atoms with Crippen LogP contribution < -0.4 is 5.32 Å². The van der Waals surface area contributed by atoms with Crippen LogP contribution in [0.5, 0.6) is 0 Å². The van der Waals surface area contributed by atoms with Gasteiger partial charge in [-0.2, -0.15) is 0 Å². The van der Waals surface area contributed by atoms with Gasteiger partial charge in [0, 0.05) is 19.2 Å². The lowest BCUT2D eigenvalue weighted by atomic mass is 10.2. The van der Waals surface area contributed by atoms with Crippen LogP contribution in [-0.2, 0) is 19.1 Å². The van der Waals surface area contributed by atoms with E-state index in [1.54, 1.807) is 6.20 Å². The number of fused-ring (bicyclic) bond motifs is 1. The monoisotopic (exact) mass is 299 g/mol. The molecule has 0 saturated carbocycles.